The molecule has 0 bridgehead atoms. The van der Waals surface area contributed by atoms with Crippen LogP contribution in [-0.2, 0) is 14.8 Å². The van der Waals surface area contributed by atoms with E-state index in [0.717, 1.165) is 18.2 Å². The predicted octanol–water partition coefficient (Wildman–Crippen LogP) is 1.88. The number of sulfonamides is 1. The van der Waals surface area contributed by atoms with Gasteiger partial charge in [-0.25, -0.2) is 12.8 Å². The Morgan fingerprint density at radius 3 is 2.40 bits per heavy atom. The van der Waals surface area contributed by atoms with Gasteiger partial charge >= 0.3 is 0 Å². The average molecular weight is 389 g/mol. The van der Waals surface area contributed by atoms with Gasteiger partial charge in [-0.2, -0.15) is 0 Å². The fourth-order valence-electron chi connectivity index (χ4n) is 1.68. The Balaban J connectivity index is 1.88. The van der Waals surface area contributed by atoms with Gasteiger partial charge in [-0.05, 0) is 42.5 Å². The van der Waals surface area contributed by atoms with E-state index in [2.05, 4.69) is 0 Å². The minimum atomic E-state index is -4.09. The Kier molecular flexibility index (Phi) is 6.18. The highest BCUT2D eigenvalue weighted by molar-refractivity contribution is 7.89. The summed E-state index contributed by atoms with van der Waals surface area (Å²) >= 11 is 5.54. The number of hydrazine groups is 1. The summed E-state index contributed by atoms with van der Waals surface area (Å²) in [6.45, 7) is -0.418. The predicted molar refractivity (Wildman–Crippen MR) is 88.4 cm³/mol. The van der Waals surface area contributed by atoms with Crippen LogP contribution in [0.1, 0.15) is 0 Å². The quantitative estimate of drug-likeness (QED) is 0.706. The molecule has 2 rings (SSSR count). The molecule has 7 nitrogen and oxygen atoms in total. The molecule has 0 unspecified atom stereocenters. The van der Waals surface area contributed by atoms with Gasteiger partial charge in [0.05, 0.1) is 17.0 Å². The van der Waals surface area contributed by atoms with E-state index in [4.69, 9.17) is 21.1 Å². The van der Waals surface area contributed by atoms with Crippen LogP contribution in [0.3, 0.4) is 0 Å². The van der Waals surface area contributed by atoms with E-state index < -0.39 is 28.4 Å². The summed E-state index contributed by atoms with van der Waals surface area (Å²) in [5.74, 6) is -0.447. The number of methoxy groups -OCH3 is 1. The van der Waals surface area contributed by atoms with Crippen LogP contribution in [0, 0.1) is 5.82 Å². The van der Waals surface area contributed by atoms with Gasteiger partial charge in [0.25, 0.3) is 15.9 Å². The Labute approximate surface area is 148 Å². The molecule has 2 aromatic rings. The largest absolute Gasteiger partial charge is 0.497 e. The number of ether oxygens (including phenoxy) is 2. The monoisotopic (exact) mass is 388 g/mol. The molecule has 134 valence electrons. The van der Waals surface area contributed by atoms with Crippen LogP contribution in [0.4, 0.5) is 4.39 Å². The third-order valence-electron chi connectivity index (χ3n) is 2.96. The van der Waals surface area contributed by atoms with E-state index in [9.17, 15) is 17.6 Å². The molecule has 0 radical (unpaired) electrons. The van der Waals surface area contributed by atoms with Crippen molar-refractivity contribution < 1.29 is 27.1 Å². The second kappa shape index (κ2) is 8.15. The van der Waals surface area contributed by atoms with E-state index in [1.807, 2.05) is 10.3 Å². The lowest BCUT2D eigenvalue weighted by atomic mass is 10.3. The molecular formula is C15H14ClFN2O5S. The van der Waals surface area contributed by atoms with E-state index in [1.54, 1.807) is 24.3 Å². The summed E-state index contributed by atoms with van der Waals surface area (Å²) in [6.07, 6.45) is 0. The first-order chi connectivity index (χ1) is 11.8. The zero-order valence-electron chi connectivity index (χ0n) is 13.0. The third kappa shape index (κ3) is 5.31. The van der Waals surface area contributed by atoms with Crippen molar-refractivity contribution in [2.45, 2.75) is 4.90 Å². The summed E-state index contributed by atoms with van der Waals surface area (Å²) in [7, 11) is -2.57. The maximum atomic E-state index is 13.1. The minimum Gasteiger partial charge on any atom is -0.497 e. The van der Waals surface area contributed by atoms with E-state index in [1.165, 1.54) is 7.11 Å². The Hall–Kier alpha value is -2.36. The zero-order chi connectivity index (χ0) is 18.4. The SMILES string of the molecule is COc1ccc(OCC(=O)NNS(=O)(=O)c2ccc(F)c(Cl)c2)cc1. The van der Waals surface area contributed by atoms with Crippen LogP contribution in [0.25, 0.3) is 0 Å². The molecule has 0 aromatic heterocycles. The molecule has 0 atom stereocenters. The molecule has 0 saturated heterocycles. The van der Waals surface area contributed by atoms with Crippen molar-refractivity contribution in [2.75, 3.05) is 13.7 Å². The lowest BCUT2D eigenvalue weighted by Crippen LogP contribution is -2.43. The van der Waals surface area contributed by atoms with Gasteiger partial charge in [0.1, 0.15) is 17.3 Å². The van der Waals surface area contributed by atoms with Crippen molar-refractivity contribution >= 4 is 27.5 Å². The smallest absolute Gasteiger partial charge is 0.272 e. The van der Waals surface area contributed by atoms with Crippen LogP contribution in [-0.4, -0.2) is 28.0 Å². The molecular weight excluding hydrogens is 375 g/mol. The highest BCUT2D eigenvalue weighted by Gasteiger charge is 2.17. The van der Waals surface area contributed by atoms with Crippen LogP contribution < -0.4 is 19.7 Å². The summed E-state index contributed by atoms with van der Waals surface area (Å²) in [5, 5.41) is -0.350. The highest BCUT2D eigenvalue weighted by Crippen LogP contribution is 2.19. The number of carbonyl (C=O) groups is 1. The maximum Gasteiger partial charge on any atom is 0.272 e. The number of amides is 1. The molecule has 0 fully saturated rings. The van der Waals surface area contributed by atoms with Crippen molar-refractivity contribution in [1.29, 1.82) is 0 Å². The van der Waals surface area contributed by atoms with E-state index in [-0.39, 0.29) is 9.92 Å². The molecule has 10 heteroatoms. The van der Waals surface area contributed by atoms with Crippen molar-refractivity contribution in [3.63, 3.8) is 0 Å². The number of halogens is 2. The van der Waals surface area contributed by atoms with Crippen LogP contribution >= 0.6 is 11.6 Å². The number of benzene rings is 2. The summed E-state index contributed by atoms with van der Waals surface area (Å²) < 4.78 is 47.2. The van der Waals surface area contributed by atoms with Gasteiger partial charge in [-0.15, -0.1) is 4.83 Å². The van der Waals surface area contributed by atoms with Crippen LogP contribution in [0.5, 0.6) is 11.5 Å². The van der Waals surface area contributed by atoms with Gasteiger partial charge in [-0.1, -0.05) is 11.6 Å². The first-order valence-corrected chi connectivity index (χ1v) is 8.70. The van der Waals surface area contributed by atoms with Crippen molar-refractivity contribution in [1.82, 2.24) is 10.3 Å². The fourth-order valence-corrected chi connectivity index (χ4v) is 2.82. The Morgan fingerprint density at radius 1 is 1.16 bits per heavy atom. The summed E-state index contributed by atoms with van der Waals surface area (Å²) in [5.41, 5.74) is 1.98. The van der Waals surface area contributed by atoms with Gasteiger partial charge in [0.2, 0.25) is 0 Å². The molecule has 0 aliphatic carbocycles. The highest BCUT2D eigenvalue weighted by atomic mass is 35.5. The molecule has 2 N–H and O–H groups in total. The Bertz CT molecular complexity index is 859. The third-order valence-corrected chi connectivity index (χ3v) is 4.49. The van der Waals surface area contributed by atoms with Crippen LogP contribution in [0.15, 0.2) is 47.4 Å². The van der Waals surface area contributed by atoms with Gasteiger partial charge in [0.15, 0.2) is 6.61 Å². The number of hydrogen-bond acceptors (Lipinski definition) is 5. The first-order valence-electron chi connectivity index (χ1n) is 6.84. The fraction of sp³-hybridized carbons (Fsp3) is 0.133. The lowest BCUT2D eigenvalue weighted by Gasteiger charge is -2.10. The molecule has 0 aliphatic rings. The van der Waals surface area contributed by atoms with Crippen molar-refractivity contribution in [3.05, 3.63) is 53.3 Å². The standard InChI is InChI=1S/C15H14ClFN2O5S/c1-23-10-2-4-11(5-3-10)24-9-15(20)18-19-25(21,22)12-6-7-14(17)13(16)8-12/h2-8,19H,9H2,1H3,(H,18,20). The number of nitrogens with one attached hydrogen (secondary N) is 2. The first kappa shape index (κ1) is 19.0. The van der Waals surface area contributed by atoms with Crippen molar-refractivity contribution in [3.8, 4) is 11.5 Å². The summed E-state index contributed by atoms with van der Waals surface area (Å²) in [6, 6.07) is 9.34. The Morgan fingerprint density at radius 2 is 1.80 bits per heavy atom. The van der Waals surface area contributed by atoms with Gasteiger partial charge < -0.3 is 9.47 Å². The van der Waals surface area contributed by atoms with Gasteiger partial charge in [-0.3, -0.25) is 10.2 Å². The molecule has 0 aliphatic heterocycles. The normalized spacial score (nSPS) is 11.0. The zero-order valence-corrected chi connectivity index (χ0v) is 14.5. The second-order valence-electron chi connectivity index (χ2n) is 4.69. The summed E-state index contributed by atoms with van der Waals surface area (Å²) in [4.78, 5) is 13.2. The maximum absolute atomic E-state index is 13.1. The topological polar surface area (TPSA) is 93.7 Å². The van der Waals surface area contributed by atoms with Crippen LogP contribution in [0.2, 0.25) is 5.02 Å². The average Bonchev–Trinajstić information content (AvgIpc) is 2.61. The molecule has 0 saturated carbocycles. The lowest BCUT2D eigenvalue weighted by molar-refractivity contribution is -0.123. The van der Waals surface area contributed by atoms with E-state index >= 15 is 0 Å². The molecule has 1 amide bonds. The van der Waals surface area contributed by atoms with Gasteiger partial charge in [0, 0.05) is 0 Å². The molecule has 0 heterocycles. The number of hydrogen-bond donors (Lipinski definition) is 2. The molecule has 25 heavy (non-hydrogen) atoms. The molecule has 0 spiro atoms. The van der Waals surface area contributed by atoms with Crippen molar-refractivity contribution in [2.24, 2.45) is 0 Å². The van der Waals surface area contributed by atoms with E-state index in [0.29, 0.717) is 11.5 Å². The number of carbonyl (C=O) groups excluding carboxylic acids is 1. The molecule has 2 aromatic carbocycles. The second-order valence-corrected chi connectivity index (χ2v) is 6.78. The minimum absolute atomic E-state index is 0.296. The number of rotatable bonds is 7.